The molecule has 0 spiro atoms. The molecule has 3 rings (SSSR count). The van der Waals surface area contributed by atoms with Gasteiger partial charge in [0.1, 0.15) is 5.82 Å². The Morgan fingerprint density at radius 1 is 1.32 bits per heavy atom. The van der Waals surface area contributed by atoms with Crippen LogP contribution in [0.3, 0.4) is 0 Å². The number of hydrogen-bond donors (Lipinski definition) is 0. The second-order valence-electron chi connectivity index (χ2n) is 4.99. The number of imidazole rings is 1. The van der Waals surface area contributed by atoms with Crippen LogP contribution in [-0.4, -0.2) is 33.3 Å². The van der Waals surface area contributed by atoms with Crippen LogP contribution in [0, 0.1) is 6.92 Å². The summed E-state index contributed by atoms with van der Waals surface area (Å²) in [5.41, 5.74) is 1.88. The molecule has 0 aliphatic carbocycles. The van der Waals surface area contributed by atoms with E-state index in [9.17, 15) is 4.79 Å². The van der Waals surface area contributed by atoms with Crippen molar-refractivity contribution in [2.24, 2.45) is 0 Å². The third-order valence-corrected chi connectivity index (χ3v) is 3.64. The largest absolute Gasteiger partial charge is 0.333 e. The van der Waals surface area contributed by atoms with E-state index in [1.54, 1.807) is 0 Å². The molecule has 2 aromatic rings. The number of carbonyl (C=O) groups is 1. The van der Waals surface area contributed by atoms with E-state index in [1.807, 2.05) is 43.6 Å². The predicted octanol–water partition coefficient (Wildman–Crippen LogP) is 1.89. The molecule has 4 nitrogen and oxygen atoms in total. The maximum absolute atomic E-state index is 12.3. The summed E-state index contributed by atoms with van der Waals surface area (Å²) >= 11 is 0. The molecule has 19 heavy (non-hydrogen) atoms. The van der Waals surface area contributed by atoms with Crippen LogP contribution in [0.4, 0.5) is 0 Å². The minimum absolute atomic E-state index is 0.193. The van der Waals surface area contributed by atoms with Crippen LogP contribution < -0.4 is 0 Å². The highest BCUT2D eigenvalue weighted by Crippen LogP contribution is 2.13. The molecular formula is C15H17N3O. The number of nitrogens with zero attached hydrogens (tertiary/aromatic N) is 3. The van der Waals surface area contributed by atoms with Crippen LogP contribution in [0.15, 0.2) is 36.7 Å². The third-order valence-electron chi connectivity index (χ3n) is 3.64. The molecule has 0 radical (unpaired) electrons. The Bertz CT molecular complexity index is 603. The number of rotatable bonds is 3. The van der Waals surface area contributed by atoms with Gasteiger partial charge in [0.25, 0.3) is 0 Å². The Labute approximate surface area is 112 Å². The van der Waals surface area contributed by atoms with Crippen molar-refractivity contribution in [2.45, 2.75) is 20.0 Å². The molecule has 0 amide bonds. The lowest BCUT2D eigenvalue weighted by atomic mass is 10.0. The first-order chi connectivity index (χ1) is 9.24. The first kappa shape index (κ1) is 12.1. The van der Waals surface area contributed by atoms with Crippen LogP contribution in [-0.2, 0) is 13.1 Å². The van der Waals surface area contributed by atoms with Crippen LogP contribution in [0.1, 0.15) is 21.7 Å². The fraction of sp³-hybridized carbons (Fsp3) is 0.333. The van der Waals surface area contributed by atoms with Gasteiger partial charge >= 0.3 is 0 Å². The fourth-order valence-electron chi connectivity index (χ4n) is 2.53. The van der Waals surface area contributed by atoms with Gasteiger partial charge < -0.3 is 4.57 Å². The molecule has 0 saturated heterocycles. The van der Waals surface area contributed by atoms with Crippen molar-refractivity contribution in [3.63, 3.8) is 0 Å². The van der Waals surface area contributed by atoms with Crippen LogP contribution in [0.25, 0.3) is 0 Å². The minimum atomic E-state index is 0.193. The number of Topliss-reactive ketones (excluding diaryl/α,β-unsaturated/α-hetero) is 1. The van der Waals surface area contributed by atoms with Crippen molar-refractivity contribution < 1.29 is 4.79 Å². The monoisotopic (exact) mass is 255 g/mol. The molecule has 0 unspecified atom stereocenters. The van der Waals surface area contributed by atoms with Gasteiger partial charge in [-0.05, 0) is 12.5 Å². The number of ketones is 1. The van der Waals surface area contributed by atoms with Crippen molar-refractivity contribution in [1.29, 1.82) is 0 Å². The Balaban J connectivity index is 1.70. The molecular weight excluding hydrogens is 238 g/mol. The number of hydrogen-bond acceptors (Lipinski definition) is 3. The molecule has 1 aromatic carbocycles. The average molecular weight is 255 g/mol. The van der Waals surface area contributed by atoms with E-state index in [0.717, 1.165) is 36.6 Å². The first-order valence-electron chi connectivity index (χ1n) is 6.55. The lowest BCUT2D eigenvalue weighted by Crippen LogP contribution is -2.37. The third kappa shape index (κ3) is 2.44. The molecule has 0 fully saturated rings. The Kier molecular flexibility index (Phi) is 3.17. The van der Waals surface area contributed by atoms with Gasteiger partial charge in [-0.1, -0.05) is 24.3 Å². The molecule has 4 heteroatoms. The molecule has 0 atom stereocenters. The summed E-state index contributed by atoms with van der Waals surface area (Å²) in [6.07, 6.45) is 3.82. The van der Waals surface area contributed by atoms with Gasteiger partial charge in [0.05, 0.1) is 13.1 Å². The highest BCUT2D eigenvalue weighted by atomic mass is 16.1. The summed E-state index contributed by atoms with van der Waals surface area (Å²) in [6, 6.07) is 7.77. The lowest BCUT2D eigenvalue weighted by molar-refractivity contribution is 0.0907. The Morgan fingerprint density at radius 2 is 2.16 bits per heavy atom. The zero-order valence-corrected chi connectivity index (χ0v) is 11.0. The summed E-state index contributed by atoms with van der Waals surface area (Å²) in [4.78, 5) is 18.8. The molecule has 1 aliphatic heterocycles. The summed E-state index contributed by atoms with van der Waals surface area (Å²) in [5, 5.41) is 0. The SMILES string of the molecule is Cc1ccccc1C(=O)CN1CCn2ccnc2C1. The quantitative estimate of drug-likeness (QED) is 0.786. The highest BCUT2D eigenvalue weighted by Gasteiger charge is 2.19. The number of aromatic nitrogens is 2. The number of benzene rings is 1. The van der Waals surface area contributed by atoms with Crippen LogP contribution in [0.2, 0.25) is 0 Å². The van der Waals surface area contributed by atoms with Gasteiger partial charge in [0.2, 0.25) is 0 Å². The maximum atomic E-state index is 12.3. The molecule has 2 heterocycles. The van der Waals surface area contributed by atoms with E-state index in [2.05, 4.69) is 14.5 Å². The van der Waals surface area contributed by atoms with Gasteiger partial charge in [-0.25, -0.2) is 4.98 Å². The van der Waals surface area contributed by atoms with Crippen molar-refractivity contribution in [3.8, 4) is 0 Å². The van der Waals surface area contributed by atoms with E-state index in [4.69, 9.17) is 0 Å². The number of fused-ring (bicyclic) bond motifs is 1. The number of aryl methyl sites for hydroxylation is 1. The lowest BCUT2D eigenvalue weighted by Gasteiger charge is -2.26. The number of carbonyl (C=O) groups excluding carboxylic acids is 1. The van der Waals surface area contributed by atoms with Crippen LogP contribution >= 0.6 is 0 Å². The summed E-state index contributed by atoms with van der Waals surface area (Å²) in [5.74, 6) is 1.24. The van der Waals surface area contributed by atoms with E-state index in [-0.39, 0.29) is 5.78 Å². The summed E-state index contributed by atoms with van der Waals surface area (Å²) < 4.78 is 2.15. The highest BCUT2D eigenvalue weighted by molar-refractivity contribution is 5.98. The summed E-state index contributed by atoms with van der Waals surface area (Å²) in [7, 11) is 0. The standard InChI is InChI=1S/C15H17N3O/c1-12-4-2-3-5-13(12)14(19)10-17-8-9-18-7-6-16-15(18)11-17/h2-7H,8-11H2,1H3. The van der Waals surface area contributed by atoms with Crippen LogP contribution in [0.5, 0.6) is 0 Å². The molecule has 1 aliphatic rings. The van der Waals surface area contributed by atoms with Gasteiger partial charge in [-0.2, -0.15) is 0 Å². The van der Waals surface area contributed by atoms with Gasteiger partial charge in [0, 0.05) is 31.0 Å². The van der Waals surface area contributed by atoms with E-state index in [1.165, 1.54) is 0 Å². The normalized spacial score (nSPS) is 15.2. The van der Waals surface area contributed by atoms with E-state index >= 15 is 0 Å². The summed E-state index contributed by atoms with van der Waals surface area (Å²) in [6.45, 7) is 5.02. The molecule has 98 valence electrons. The fourth-order valence-corrected chi connectivity index (χ4v) is 2.53. The van der Waals surface area contributed by atoms with Gasteiger partial charge in [-0.3, -0.25) is 9.69 Å². The zero-order chi connectivity index (χ0) is 13.2. The Morgan fingerprint density at radius 3 is 3.00 bits per heavy atom. The minimum Gasteiger partial charge on any atom is -0.333 e. The van der Waals surface area contributed by atoms with Crippen molar-refractivity contribution >= 4 is 5.78 Å². The van der Waals surface area contributed by atoms with Gasteiger partial charge in [0.15, 0.2) is 5.78 Å². The maximum Gasteiger partial charge on any atom is 0.177 e. The van der Waals surface area contributed by atoms with Crippen molar-refractivity contribution in [2.75, 3.05) is 13.1 Å². The molecule has 1 aromatic heterocycles. The molecule has 0 bridgehead atoms. The second kappa shape index (κ2) is 4.97. The topological polar surface area (TPSA) is 38.1 Å². The smallest absolute Gasteiger partial charge is 0.177 e. The zero-order valence-electron chi connectivity index (χ0n) is 11.0. The van der Waals surface area contributed by atoms with Crippen molar-refractivity contribution in [3.05, 3.63) is 53.6 Å². The predicted molar refractivity (Wildman–Crippen MR) is 73.0 cm³/mol. The van der Waals surface area contributed by atoms with Gasteiger partial charge in [-0.15, -0.1) is 0 Å². The Hall–Kier alpha value is -1.94. The molecule has 0 N–H and O–H groups in total. The van der Waals surface area contributed by atoms with Crippen molar-refractivity contribution in [1.82, 2.24) is 14.5 Å². The second-order valence-corrected chi connectivity index (χ2v) is 4.99. The first-order valence-corrected chi connectivity index (χ1v) is 6.55. The molecule has 0 saturated carbocycles. The van der Waals surface area contributed by atoms with E-state index < -0.39 is 0 Å². The van der Waals surface area contributed by atoms with E-state index in [0.29, 0.717) is 6.54 Å². The average Bonchev–Trinajstić information content (AvgIpc) is 2.86.